The molecule has 0 aromatic heterocycles. The summed E-state index contributed by atoms with van der Waals surface area (Å²) in [4.78, 5) is 20.8. The average molecular weight is 174 g/mol. The van der Waals surface area contributed by atoms with E-state index in [-0.39, 0.29) is 18.5 Å². The molecular formula is C8H14O4. The van der Waals surface area contributed by atoms with Crippen molar-refractivity contribution < 1.29 is 19.4 Å². The molecule has 0 saturated carbocycles. The van der Waals surface area contributed by atoms with Crippen LogP contribution in [0, 0.1) is 0 Å². The lowest BCUT2D eigenvalue weighted by atomic mass is 10.2. The van der Waals surface area contributed by atoms with E-state index in [1.165, 1.54) is 0 Å². The number of hydrogen-bond acceptors (Lipinski definition) is 3. The fourth-order valence-corrected chi connectivity index (χ4v) is 0.693. The summed E-state index contributed by atoms with van der Waals surface area (Å²) in [7, 11) is 0. The maximum absolute atomic E-state index is 10.7. The van der Waals surface area contributed by atoms with Gasteiger partial charge < -0.3 is 9.84 Å². The van der Waals surface area contributed by atoms with Crippen molar-refractivity contribution in [1.29, 1.82) is 0 Å². The third kappa shape index (κ3) is 5.70. The monoisotopic (exact) mass is 174 g/mol. The van der Waals surface area contributed by atoms with Gasteiger partial charge in [0.15, 0.2) is 0 Å². The van der Waals surface area contributed by atoms with Gasteiger partial charge in [0.05, 0.1) is 6.10 Å². The molecule has 1 atom stereocenters. The van der Waals surface area contributed by atoms with E-state index in [2.05, 4.69) is 0 Å². The molecule has 0 radical (unpaired) electrons. The minimum Gasteiger partial charge on any atom is -0.481 e. The first-order valence-corrected chi connectivity index (χ1v) is 3.97. The van der Waals surface area contributed by atoms with E-state index < -0.39 is 5.97 Å². The van der Waals surface area contributed by atoms with Gasteiger partial charge in [-0.05, 0) is 13.3 Å². The lowest BCUT2D eigenvalue weighted by Crippen LogP contribution is -2.15. The molecule has 0 heterocycles. The van der Waals surface area contributed by atoms with Crippen LogP contribution in [-0.2, 0) is 14.3 Å². The number of carboxylic acid groups (broad SMARTS) is 1. The topological polar surface area (TPSA) is 63.6 Å². The van der Waals surface area contributed by atoms with E-state index in [0.29, 0.717) is 12.8 Å². The Labute approximate surface area is 71.5 Å². The molecule has 4 nitrogen and oxygen atoms in total. The molecule has 0 aliphatic heterocycles. The number of ether oxygens (including phenoxy) is 1. The SMILES string of the molecule is CCC(=O)O[C@H](C)CCC(=O)O. The van der Waals surface area contributed by atoms with Crippen LogP contribution in [-0.4, -0.2) is 23.1 Å². The zero-order chi connectivity index (χ0) is 9.56. The lowest BCUT2D eigenvalue weighted by molar-refractivity contribution is -0.149. The van der Waals surface area contributed by atoms with Crippen molar-refractivity contribution >= 4 is 11.9 Å². The fraction of sp³-hybridized carbons (Fsp3) is 0.750. The van der Waals surface area contributed by atoms with Crippen molar-refractivity contribution in [3.05, 3.63) is 0 Å². The lowest BCUT2D eigenvalue weighted by Gasteiger charge is -2.10. The molecule has 1 N–H and O–H groups in total. The minimum atomic E-state index is -0.866. The first-order valence-electron chi connectivity index (χ1n) is 3.97. The second-order valence-corrected chi connectivity index (χ2v) is 2.59. The number of hydrogen-bond donors (Lipinski definition) is 1. The van der Waals surface area contributed by atoms with E-state index >= 15 is 0 Å². The highest BCUT2D eigenvalue weighted by molar-refractivity contribution is 5.69. The maximum Gasteiger partial charge on any atom is 0.305 e. The van der Waals surface area contributed by atoms with E-state index in [1.807, 2.05) is 0 Å². The van der Waals surface area contributed by atoms with Gasteiger partial charge in [-0.3, -0.25) is 9.59 Å². The largest absolute Gasteiger partial charge is 0.481 e. The van der Waals surface area contributed by atoms with Gasteiger partial charge in [-0.1, -0.05) is 6.92 Å². The van der Waals surface area contributed by atoms with Gasteiger partial charge in [0.2, 0.25) is 0 Å². The third-order valence-electron chi connectivity index (χ3n) is 1.39. The van der Waals surface area contributed by atoms with Crippen LogP contribution >= 0.6 is 0 Å². The Morgan fingerprint density at radius 2 is 2.08 bits per heavy atom. The van der Waals surface area contributed by atoms with E-state index in [9.17, 15) is 9.59 Å². The van der Waals surface area contributed by atoms with Gasteiger partial charge in [-0.2, -0.15) is 0 Å². The Kier molecular flexibility index (Phi) is 5.08. The van der Waals surface area contributed by atoms with Crippen LogP contribution in [0.15, 0.2) is 0 Å². The van der Waals surface area contributed by atoms with Gasteiger partial charge in [-0.15, -0.1) is 0 Å². The third-order valence-corrected chi connectivity index (χ3v) is 1.39. The molecular weight excluding hydrogens is 160 g/mol. The molecule has 0 bridgehead atoms. The molecule has 12 heavy (non-hydrogen) atoms. The summed E-state index contributed by atoms with van der Waals surface area (Å²) in [6.45, 7) is 3.39. The summed E-state index contributed by atoms with van der Waals surface area (Å²) in [5.74, 6) is -1.15. The van der Waals surface area contributed by atoms with Crippen molar-refractivity contribution in [1.82, 2.24) is 0 Å². The second-order valence-electron chi connectivity index (χ2n) is 2.59. The van der Waals surface area contributed by atoms with Gasteiger partial charge in [-0.25, -0.2) is 0 Å². The average Bonchev–Trinajstić information content (AvgIpc) is 2.00. The molecule has 0 amide bonds. The number of rotatable bonds is 5. The Bertz CT molecular complexity index is 164. The van der Waals surface area contributed by atoms with Crippen LogP contribution in [0.3, 0.4) is 0 Å². The van der Waals surface area contributed by atoms with Crippen LogP contribution < -0.4 is 0 Å². The van der Waals surface area contributed by atoms with E-state index in [1.54, 1.807) is 13.8 Å². The van der Waals surface area contributed by atoms with Gasteiger partial charge in [0.25, 0.3) is 0 Å². The molecule has 0 saturated heterocycles. The predicted octanol–water partition coefficient (Wildman–Crippen LogP) is 1.19. The molecule has 0 spiro atoms. The normalized spacial score (nSPS) is 12.2. The molecule has 0 aliphatic carbocycles. The number of carbonyl (C=O) groups is 2. The molecule has 0 aromatic rings. The smallest absolute Gasteiger partial charge is 0.305 e. The summed E-state index contributed by atoms with van der Waals surface area (Å²) in [6, 6.07) is 0. The predicted molar refractivity (Wildman–Crippen MR) is 42.7 cm³/mol. The van der Waals surface area contributed by atoms with Crippen molar-refractivity contribution in [2.75, 3.05) is 0 Å². The maximum atomic E-state index is 10.7. The Hall–Kier alpha value is -1.06. The van der Waals surface area contributed by atoms with Crippen molar-refractivity contribution in [2.45, 2.75) is 39.2 Å². The zero-order valence-electron chi connectivity index (χ0n) is 7.37. The van der Waals surface area contributed by atoms with Crippen LogP contribution in [0.1, 0.15) is 33.1 Å². The second kappa shape index (κ2) is 5.57. The summed E-state index contributed by atoms with van der Waals surface area (Å²) >= 11 is 0. The molecule has 0 rings (SSSR count). The van der Waals surface area contributed by atoms with E-state index in [0.717, 1.165) is 0 Å². The summed E-state index contributed by atoms with van der Waals surface area (Å²) in [6.07, 6.45) is 0.449. The fourth-order valence-electron chi connectivity index (χ4n) is 0.693. The minimum absolute atomic E-state index is 0.0398. The van der Waals surface area contributed by atoms with Crippen LogP contribution in [0.5, 0.6) is 0 Å². The Morgan fingerprint density at radius 1 is 1.50 bits per heavy atom. The standard InChI is InChI=1S/C8H14O4/c1-3-8(11)12-6(2)4-5-7(9)10/h6H,3-5H2,1-2H3,(H,9,10)/t6-/m1/s1. The molecule has 0 aromatic carbocycles. The molecule has 0 aliphatic rings. The van der Waals surface area contributed by atoms with Gasteiger partial charge >= 0.3 is 11.9 Å². The summed E-state index contributed by atoms with van der Waals surface area (Å²) in [5, 5.41) is 8.31. The van der Waals surface area contributed by atoms with Crippen molar-refractivity contribution in [2.24, 2.45) is 0 Å². The number of carboxylic acids is 1. The molecule has 4 heteroatoms. The zero-order valence-corrected chi connectivity index (χ0v) is 7.37. The summed E-state index contributed by atoms with van der Waals surface area (Å²) in [5.41, 5.74) is 0. The van der Waals surface area contributed by atoms with Crippen molar-refractivity contribution in [3.8, 4) is 0 Å². The van der Waals surface area contributed by atoms with Crippen molar-refractivity contribution in [3.63, 3.8) is 0 Å². The number of carbonyl (C=O) groups excluding carboxylic acids is 1. The van der Waals surface area contributed by atoms with Gasteiger partial charge in [0.1, 0.15) is 0 Å². The highest BCUT2D eigenvalue weighted by atomic mass is 16.5. The number of aliphatic carboxylic acids is 1. The molecule has 0 unspecified atom stereocenters. The van der Waals surface area contributed by atoms with Crippen LogP contribution in [0.4, 0.5) is 0 Å². The molecule has 70 valence electrons. The van der Waals surface area contributed by atoms with Crippen LogP contribution in [0.2, 0.25) is 0 Å². The van der Waals surface area contributed by atoms with Gasteiger partial charge in [0, 0.05) is 12.8 Å². The molecule has 0 fully saturated rings. The van der Waals surface area contributed by atoms with Crippen LogP contribution in [0.25, 0.3) is 0 Å². The first kappa shape index (κ1) is 10.9. The van der Waals surface area contributed by atoms with E-state index in [4.69, 9.17) is 9.84 Å². The quantitative estimate of drug-likeness (QED) is 0.636. The Balaban J connectivity index is 3.52. The summed E-state index contributed by atoms with van der Waals surface area (Å²) < 4.78 is 4.85. The number of esters is 1. The first-order chi connectivity index (χ1) is 5.56. The highest BCUT2D eigenvalue weighted by Crippen LogP contribution is 2.02. The highest BCUT2D eigenvalue weighted by Gasteiger charge is 2.08. The Morgan fingerprint density at radius 3 is 2.50 bits per heavy atom.